The number of methoxy groups -OCH3 is 1. The lowest BCUT2D eigenvalue weighted by molar-refractivity contribution is 0.0258. The Hall–Kier alpha value is -0.650. The maximum atomic E-state index is 9.83. The van der Waals surface area contributed by atoms with Crippen LogP contribution in [0.3, 0.4) is 0 Å². The average Bonchev–Trinajstić information content (AvgIpc) is 2.45. The Morgan fingerprint density at radius 2 is 1.95 bits per heavy atom. The van der Waals surface area contributed by atoms with E-state index in [0.29, 0.717) is 31.4 Å². The summed E-state index contributed by atoms with van der Waals surface area (Å²) in [7, 11) is 1.68. The summed E-state index contributed by atoms with van der Waals surface area (Å²) < 4.78 is 10.6. The fourth-order valence-corrected chi connectivity index (χ4v) is 1.90. The van der Waals surface area contributed by atoms with Gasteiger partial charge in [-0.05, 0) is 24.1 Å². The highest BCUT2D eigenvalue weighted by atomic mass is 35.5. The van der Waals surface area contributed by atoms with E-state index < -0.39 is 6.10 Å². The first-order valence-corrected chi connectivity index (χ1v) is 7.26. The molecule has 2 unspecified atom stereocenters. The third-order valence-corrected chi connectivity index (χ3v) is 3.25. The number of aliphatic hydroxyl groups excluding tert-OH is 1. The second kappa shape index (κ2) is 10.1. The summed E-state index contributed by atoms with van der Waals surface area (Å²) in [5.74, 6) is 0. The van der Waals surface area contributed by atoms with Crippen molar-refractivity contribution in [2.45, 2.75) is 32.1 Å². The van der Waals surface area contributed by atoms with Crippen molar-refractivity contribution < 1.29 is 14.6 Å². The first kappa shape index (κ1) is 17.4. The average molecular weight is 302 g/mol. The van der Waals surface area contributed by atoms with Crippen LogP contribution in [0.1, 0.15) is 18.9 Å². The number of aliphatic hydroxyl groups is 1. The summed E-state index contributed by atoms with van der Waals surface area (Å²) in [6.45, 7) is 4.01. The molecule has 1 rings (SSSR count). The quantitative estimate of drug-likeness (QED) is 0.696. The molecule has 4 nitrogen and oxygen atoms in total. The molecule has 5 heteroatoms. The summed E-state index contributed by atoms with van der Waals surface area (Å²) in [6, 6.07) is 7.76. The molecule has 1 aromatic carbocycles. The number of rotatable bonds is 10. The molecule has 0 aliphatic carbocycles. The zero-order chi connectivity index (χ0) is 14.8. The summed E-state index contributed by atoms with van der Waals surface area (Å²) >= 11 is 5.81. The van der Waals surface area contributed by atoms with Crippen molar-refractivity contribution in [1.29, 1.82) is 0 Å². The topological polar surface area (TPSA) is 50.7 Å². The molecule has 0 amide bonds. The number of hydrogen-bond acceptors (Lipinski definition) is 4. The second-order valence-corrected chi connectivity index (χ2v) is 5.20. The standard InChI is InChI=1S/C15H24ClNO3/c1-3-14(10-19-2)17-8-15(18)11-20-9-12-4-6-13(16)7-5-12/h4-7,14-15,17-18H,3,8-11H2,1-2H3. The SMILES string of the molecule is CCC(COC)NCC(O)COCc1ccc(Cl)cc1. The van der Waals surface area contributed by atoms with Gasteiger partial charge in [-0.1, -0.05) is 30.7 Å². The summed E-state index contributed by atoms with van der Waals surface area (Å²) in [5, 5.41) is 13.8. The van der Waals surface area contributed by atoms with Gasteiger partial charge in [0.1, 0.15) is 0 Å². The first-order chi connectivity index (χ1) is 9.65. The van der Waals surface area contributed by atoms with E-state index in [1.807, 2.05) is 24.3 Å². The van der Waals surface area contributed by atoms with E-state index in [0.717, 1.165) is 12.0 Å². The van der Waals surface area contributed by atoms with Gasteiger partial charge in [0.25, 0.3) is 0 Å². The van der Waals surface area contributed by atoms with Crippen molar-refractivity contribution >= 4 is 11.6 Å². The van der Waals surface area contributed by atoms with Gasteiger partial charge in [-0.25, -0.2) is 0 Å². The third kappa shape index (κ3) is 7.22. The molecule has 0 spiro atoms. The van der Waals surface area contributed by atoms with Crippen LogP contribution < -0.4 is 5.32 Å². The lowest BCUT2D eigenvalue weighted by Crippen LogP contribution is -2.39. The van der Waals surface area contributed by atoms with Gasteiger partial charge in [-0.15, -0.1) is 0 Å². The number of halogens is 1. The van der Waals surface area contributed by atoms with Gasteiger partial charge in [0.05, 0.1) is 25.9 Å². The van der Waals surface area contributed by atoms with Gasteiger partial charge in [0, 0.05) is 24.7 Å². The molecule has 0 saturated heterocycles. The highest BCUT2D eigenvalue weighted by molar-refractivity contribution is 6.30. The Labute approximate surface area is 126 Å². The predicted octanol–water partition coefficient (Wildman–Crippen LogP) is 2.23. The van der Waals surface area contributed by atoms with Gasteiger partial charge in [0.2, 0.25) is 0 Å². The number of ether oxygens (including phenoxy) is 2. The van der Waals surface area contributed by atoms with E-state index >= 15 is 0 Å². The molecule has 0 heterocycles. The fourth-order valence-electron chi connectivity index (χ4n) is 1.78. The van der Waals surface area contributed by atoms with Gasteiger partial charge in [-0.2, -0.15) is 0 Å². The Kier molecular flexibility index (Phi) is 8.82. The number of hydrogen-bond donors (Lipinski definition) is 2. The Bertz CT molecular complexity index is 359. The van der Waals surface area contributed by atoms with Crippen molar-refractivity contribution in [2.75, 3.05) is 26.9 Å². The minimum absolute atomic E-state index is 0.269. The Morgan fingerprint density at radius 1 is 1.25 bits per heavy atom. The molecular formula is C15H24ClNO3. The lowest BCUT2D eigenvalue weighted by Gasteiger charge is -2.18. The van der Waals surface area contributed by atoms with Crippen LogP contribution in [0.4, 0.5) is 0 Å². The van der Waals surface area contributed by atoms with Crippen LogP contribution in [-0.2, 0) is 16.1 Å². The highest BCUT2D eigenvalue weighted by Crippen LogP contribution is 2.10. The van der Waals surface area contributed by atoms with E-state index in [4.69, 9.17) is 21.1 Å². The predicted molar refractivity (Wildman–Crippen MR) is 81.1 cm³/mol. The van der Waals surface area contributed by atoms with E-state index in [1.165, 1.54) is 0 Å². The molecule has 0 bridgehead atoms. The van der Waals surface area contributed by atoms with Crippen molar-refractivity contribution in [1.82, 2.24) is 5.32 Å². The molecular weight excluding hydrogens is 278 g/mol. The van der Waals surface area contributed by atoms with Crippen LogP contribution in [0, 0.1) is 0 Å². The van der Waals surface area contributed by atoms with E-state index in [1.54, 1.807) is 7.11 Å². The molecule has 2 atom stereocenters. The van der Waals surface area contributed by atoms with Gasteiger partial charge in [0.15, 0.2) is 0 Å². The van der Waals surface area contributed by atoms with Gasteiger partial charge in [-0.3, -0.25) is 0 Å². The van der Waals surface area contributed by atoms with E-state index in [-0.39, 0.29) is 6.04 Å². The molecule has 20 heavy (non-hydrogen) atoms. The molecule has 0 aliphatic rings. The van der Waals surface area contributed by atoms with Crippen molar-refractivity contribution in [3.05, 3.63) is 34.9 Å². The fraction of sp³-hybridized carbons (Fsp3) is 0.600. The Morgan fingerprint density at radius 3 is 2.55 bits per heavy atom. The summed E-state index contributed by atoms with van der Waals surface area (Å²) in [5.41, 5.74) is 1.04. The zero-order valence-corrected chi connectivity index (χ0v) is 12.9. The van der Waals surface area contributed by atoms with E-state index in [9.17, 15) is 5.11 Å². The second-order valence-electron chi connectivity index (χ2n) is 4.76. The van der Waals surface area contributed by atoms with Crippen LogP contribution in [-0.4, -0.2) is 44.1 Å². The van der Waals surface area contributed by atoms with Crippen molar-refractivity contribution in [3.63, 3.8) is 0 Å². The maximum Gasteiger partial charge on any atom is 0.0897 e. The molecule has 114 valence electrons. The molecule has 2 N–H and O–H groups in total. The molecule has 0 saturated carbocycles. The lowest BCUT2D eigenvalue weighted by atomic mass is 10.2. The first-order valence-electron chi connectivity index (χ1n) is 6.88. The summed E-state index contributed by atoms with van der Waals surface area (Å²) in [4.78, 5) is 0. The molecule has 0 radical (unpaired) electrons. The van der Waals surface area contributed by atoms with E-state index in [2.05, 4.69) is 12.2 Å². The number of nitrogens with one attached hydrogen (secondary N) is 1. The largest absolute Gasteiger partial charge is 0.389 e. The Balaban J connectivity index is 2.16. The molecule has 0 aromatic heterocycles. The minimum atomic E-state index is -0.520. The van der Waals surface area contributed by atoms with Crippen molar-refractivity contribution in [3.8, 4) is 0 Å². The van der Waals surface area contributed by atoms with Crippen molar-refractivity contribution in [2.24, 2.45) is 0 Å². The molecule has 0 aliphatic heterocycles. The van der Waals surface area contributed by atoms with Gasteiger partial charge >= 0.3 is 0 Å². The molecule has 1 aromatic rings. The van der Waals surface area contributed by atoms with Crippen LogP contribution >= 0.6 is 11.6 Å². The van der Waals surface area contributed by atoms with Crippen LogP contribution in [0.15, 0.2) is 24.3 Å². The third-order valence-electron chi connectivity index (χ3n) is 3.00. The number of benzene rings is 1. The maximum absolute atomic E-state index is 9.83. The van der Waals surface area contributed by atoms with Crippen LogP contribution in [0.5, 0.6) is 0 Å². The minimum Gasteiger partial charge on any atom is -0.389 e. The van der Waals surface area contributed by atoms with Gasteiger partial charge < -0.3 is 19.9 Å². The van der Waals surface area contributed by atoms with Crippen LogP contribution in [0.2, 0.25) is 5.02 Å². The highest BCUT2D eigenvalue weighted by Gasteiger charge is 2.09. The monoisotopic (exact) mass is 301 g/mol. The normalized spacial score (nSPS) is 14.2. The summed E-state index contributed by atoms with van der Waals surface area (Å²) in [6.07, 6.45) is 0.444. The smallest absolute Gasteiger partial charge is 0.0897 e. The van der Waals surface area contributed by atoms with Crippen LogP contribution in [0.25, 0.3) is 0 Å². The zero-order valence-electron chi connectivity index (χ0n) is 12.1. The molecule has 0 fully saturated rings.